The second-order valence-electron chi connectivity index (χ2n) is 4.86. The maximum atomic E-state index is 12.2. The molecule has 6 nitrogen and oxygen atoms in total. The number of hydrogen-bond donors (Lipinski definition) is 3. The van der Waals surface area contributed by atoms with E-state index < -0.39 is 0 Å². The van der Waals surface area contributed by atoms with Crippen LogP contribution < -0.4 is 16.4 Å². The van der Waals surface area contributed by atoms with Gasteiger partial charge >= 0.3 is 0 Å². The first-order chi connectivity index (χ1) is 9.55. The number of rotatable bonds is 4. The summed E-state index contributed by atoms with van der Waals surface area (Å²) in [4.78, 5) is 20.5. The molecule has 0 bridgehead atoms. The highest BCUT2D eigenvalue weighted by Gasteiger charge is 2.29. The summed E-state index contributed by atoms with van der Waals surface area (Å²) >= 11 is 5.91. The predicted octanol–water partition coefficient (Wildman–Crippen LogP) is 1.39. The molecule has 1 saturated carbocycles. The lowest BCUT2D eigenvalue weighted by Crippen LogP contribution is -2.46. The van der Waals surface area contributed by atoms with Gasteiger partial charge in [0.15, 0.2) is 5.82 Å². The molecule has 1 aliphatic rings. The number of carbonyl (C=O) groups is 1. The Balaban J connectivity index is 2.19. The van der Waals surface area contributed by atoms with Gasteiger partial charge in [-0.2, -0.15) is 0 Å². The average molecular weight is 296 g/mol. The molecular formula is C13H18ClN5O. The maximum absolute atomic E-state index is 12.2. The third kappa shape index (κ3) is 3.01. The standard InChI is InChI=1S/C13H18ClN5O/c1-7-3-4-9(7)17-13(20)8(6-15)12-18-10(14)5-11(16-2)19-12/h5-7,9H,3-4,15H2,1-2H3,(H,17,20)(H,16,18,19). The number of nitrogens with zero attached hydrogens (tertiary/aromatic N) is 2. The fourth-order valence-electron chi connectivity index (χ4n) is 2.05. The zero-order chi connectivity index (χ0) is 14.7. The van der Waals surface area contributed by atoms with Gasteiger partial charge < -0.3 is 16.4 Å². The molecule has 0 spiro atoms. The van der Waals surface area contributed by atoms with Crippen LogP contribution in [0.4, 0.5) is 5.82 Å². The number of anilines is 1. The van der Waals surface area contributed by atoms with Crippen molar-refractivity contribution in [2.45, 2.75) is 25.8 Å². The fraction of sp³-hybridized carbons (Fsp3) is 0.462. The highest BCUT2D eigenvalue weighted by atomic mass is 35.5. The predicted molar refractivity (Wildman–Crippen MR) is 79.1 cm³/mol. The summed E-state index contributed by atoms with van der Waals surface area (Å²) in [5.41, 5.74) is 5.78. The number of halogens is 1. The third-order valence-electron chi connectivity index (χ3n) is 3.54. The largest absolute Gasteiger partial charge is 0.404 e. The van der Waals surface area contributed by atoms with Gasteiger partial charge in [-0.1, -0.05) is 18.5 Å². The smallest absolute Gasteiger partial charge is 0.256 e. The lowest BCUT2D eigenvalue weighted by Gasteiger charge is -2.34. The van der Waals surface area contributed by atoms with E-state index in [0.717, 1.165) is 12.8 Å². The van der Waals surface area contributed by atoms with Gasteiger partial charge in [-0.3, -0.25) is 4.79 Å². The minimum Gasteiger partial charge on any atom is -0.404 e. The Bertz CT molecular complexity index is 546. The second-order valence-corrected chi connectivity index (χ2v) is 5.25. The molecule has 0 aliphatic heterocycles. The van der Waals surface area contributed by atoms with Gasteiger partial charge in [-0.05, 0) is 18.8 Å². The number of aromatic nitrogens is 2. The van der Waals surface area contributed by atoms with Crippen LogP contribution in [0.25, 0.3) is 5.57 Å². The molecular weight excluding hydrogens is 278 g/mol. The van der Waals surface area contributed by atoms with Gasteiger partial charge in [0.2, 0.25) is 0 Å². The van der Waals surface area contributed by atoms with Crippen LogP contribution in [0, 0.1) is 5.92 Å². The van der Waals surface area contributed by atoms with Crippen molar-refractivity contribution in [3.63, 3.8) is 0 Å². The van der Waals surface area contributed by atoms with Gasteiger partial charge in [-0.15, -0.1) is 0 Å². The summed E-state index contributed by atoms with van der Waals surface area (Å²) in [6, 6.07) is 1.77. The van der Waals surface area contributed by atoms with Gasteiger partial charge in [0.25, 0.3) is 5.91 Å². The Morgan fingerprint density at radius 3 is 2.75 bits per heavy atom. The normalized spacial score (nSPS) is 22.1. The summed E-state index contributed by atoms with van der Waals surface area (Å²) in [7, 11) is 1.71. The van der Waals surface area contributed by atoms with E-state index >= 15 is 0 Å². The van der Waals surface area contributed by atoms with Crippen molar-refractivity contribution in [3.05, 3.63) is 23.2 Å². The van der Waals surface area contributed by atoms with Crippen LogP contribution in [0.5, 0.6) is 0 Å². The summed E-state index contributed by atoms with van der Waals surface area (Å²) in [5, 5.41) is 6.06. The highest BCUT2D eigenvalue weighted by molar-refractivity contribution is 6.30. The minimum absolute atomic E-state index is 0.195. The number of nitrogens with two attached hydrogens (primary N) is 1. The van der Waals surface area contributed by atoms with Gasteiger partial charge in [-0.25, -0.2) is 9.97 Å². The summed E-state index contributed by atoms with van der Waals surface area (Å²) in [6.07, 6.45) is 3.33. The van der Waals surface area contributed by atoms with Crippen LogP contribution in [0.3, 0.4) is 0 Å². The Morgan fingerprint density at radius 2 is 2.25 bits per heavy atom. The monoisotopic (exact) mass is 295 g/mol. The van der Waals surface area contributed by atoms with Crippen molar-refractivity contribution in [1.82, 2.24) is 15.3 Å². The first kappa shape index (κ1) is 14.6. The van der Waals surface area contributed by atoms with Crippen molar-refractivity contribution < 1.29 is 4.79 Å². The number of amides is 1. The Morgan fingerprint density at radius 1 is 1.50 bits per heavy atom. The number of nitrogens with one attached hydrogen (secondary N) is 2. The zero-order valence-electron chi connectivity index (χ0n) is 11.5. The van der Waals surface area contributed by atoms with E-state index in [1.165, 1.54) is 6.20 Å². The van der Waals surface area contributed by atoms with Crippen LogP contribution in [-0.2, 0) is 4.79 Å². The van der Waals surface area contributed by atoms with Crippen LogP contribution in [0.1, 0.15) is 25.6 Å². The molecule has 2 atom stereocenters. The van der Waals surface area contributed by atoms with E-state index in [1.54, 1.807) is 13.1 Å². The molecule has 108 valence electrons. The molecule has 1 amide bonds. The van der Waals surface area contributed by atoms with E-state index in [-0.39, 0.29) is 28.5 Å². The average Bonchev–Trinajstić information content (AvgIpc) is 2.43. The molecule has 1 aliphatic carbocycles. The Labute approximate surface area is 122 Å². The van der Waals surface area contributed by atoms with Crippen LogP contribution in [0.15, 0.2) is 12.3 Å². The summed E-state index contributed by atoms with van der Waals surface area (Å²) in [6.45, 7) is 2.11. The zero-order valence-corrected chi connectivity index (χ0v) is 12.2. The van der Waals surface area contributed by atoms with Crippen LogP contribution >= 0.6 is 11.6 Å². The quantitative estimate of drug-likeness (QED) is 0.576. The molecule has 7 heteroatoms. The van der Waals surface area contributed by atoms with Crippen molar-refractivity contribution in [2.75, 3.05) is 12.4 Å². The molecule has 1 aromatic heterocycles. The molecule has 0 radical (unpaired) electrons. The number of hydrogen-bond acceptors (Lipinski definition) is 5. The van der Waals surface area contributed by atoms with Gasteiger partial charge in [0, 0.05) is 25.4 Å². The third-order valence-corrected chi connectivity index (χ3v) is 3.73. The second kappa shape index (κ2) is 6.09. The SMILES string of the molecule is CNc1cc(Cl)nc(C(=CN)C(=O)NC2CCC2C)n1. The molecule has 1 fully saturated rings. The van der Waals surface area contributed by atoms with E-state index in [2.05, 4.69) is 27.5 Å². The van der Waals surface area contributed by atoms with Crippen LogP contribution in [0.2, 0.25) is 5.15 Å². The number of carbonyl (C=O) groups excluding carboxylic acids is 1. The minimum atomic E-state index is -0.270. The fourth-order valence-corrected chi connectivity index (χ4v) is 2.23. The van der Waals surface area contributed by atoms with E-state index in [0.29, 0.717) is 11.7 Å². The molecule has 2 rings (SSSR count). The van der Waals surface area contributed by atoms with E-state index in [1.807, 2.05) is 0 Å². The molecule has 1 heterocycles. The Kier molecular flexibility index (Phi) is 4.44. The molecule has 4 N–H and O–H groups in total. The van der Waals surface area contributed by atoms with Crippen molar-refractivity contribution >= 4 is 28.9 Å². The molecule has 0 saturated heterocycles. The maximum Gasteiger partial charge on any atom is 0.256 e. The van der Waals surface area contributed by atoms with Crippen molar-refractivity contribution in [1.29, 1.82) is 0 Å². The summed E-state index contributed by atoms with van der Waals surface area (Å²) < 4.78 is 0. The molecule has 2 unspecified atom stereocenters. The highest BCUT2D eigenvalue weighted by Crippen LogP contribution is 2.27. The topological polar surface area (TPSA) is 92.9 Å². The van der Waals surface area contributed by atoms with Crippen LogP contribution in [-0.4, -0.2) is 29.0 Å². The first-order valence-corrected chi connectivity index (χ1v) is 6.88. The summed E-state index contributed by atoms with van der Waals surface area (Å²) in [5.74, 6) is 0.970. The van der Waals surface area contributed by atoms with Gasteiger partial charge in [0.05, 0.1) is 5.57 Å². The van der Waals surface area contributed by atoms with E-state index in [4.69, 9.17) is 17.3 Å². The van der Waals surface area contributed by atoms with Crippen molar-refractivity contribution in [3.8, 4) is 0 Å². The van der Waals surface area contributed by atoms with Crippen molar-refractivity contribution in [2.24, 2.45) is 11.7 Å². The molecule has 1 aromatic rings. The Hall–Kier alpha value is -1.82. The molecule has 0 aromatic carbocycles. The first-order valence-electron chi connectivity index (χ1n) is 6.50. The molecule has 20 heavy (non-hydrogen) atoms. The lowest BCUT2D eigenvalue weighted by molar-refractivity contribution is -0.117. The van der Waals surface area contributed by atoms with E-state index in [9.17, 15) is 4.79 Å². The van der Waals surface area contributed by atoms with Gasteiger partial charge in [0.1, 0.15) is 11.0 Å². The lowest BCUT2D eigenvalue weighted by atomic mass is 9.81.